The minimum Gasteiger partial charge on any atom is -0.488 e. The molecule has 0 radical (unpaired) electrons. The molecule has 1 fully saturated rings. The van der Waals surface area contributed by atoms with Gasteiger partial charge in [-0.2, -0.15) is 0 Å². The van der Waals surface area contributed by atoms with Crippen LogP contribution in [0.2, 0.25) is 5.02 Å². The van der Waals surface area contributed by atoms with E-state index in [1.807, 2.05) is 18.2 Å². The number of rotatable bonds is 1. The number of aromatic nitrogens is 2. The summed E-state index contributed by atoms with van der Waals surface area (Å²) < 4.78 is 5.97. The van der Waals surface area contributed by atoms with Crippen molar-refractivity contribution in [3.05, 3.63) is 58.9 Å². The highest BCUT2D eigenvalue weighted by Crippen LogP contribution is 2.41. The molecule has 4 nitrogen and oxygen atoms in total. The Kier molecular flexibility index (Phi) is 3.49. The summed E-state index contributed by atoms with van der Waals surface area (Å²) in [6.07, 6.45) is 2.32. The van der Waals surface area contributed by atoms with Gasteiger partial charge in [0, 0.05) is 22.0 Å². The topological polar surface area (TPSA) is 49.9 Å². The number of hydrogen-bond acceptors (Lipinski definition) is 3. The summed E-state index contributed by atoms with van der Waals surface area (Å²) in [6.45, 7) is 2.78. The van der Waals surface area contributed by atoms with E-state index < -0.39 is 0 Å². The predicted octanol–water partition coefficient (Wildman–Crippen LogP) is 5.74. The van der Waals surface area contributed by atoms with Gasteiger partial charge in [-0.05, 0) is 72.7 Å². The van der Waals surface area contributed by atoms with Crippen LogP contribution in [0.1, 0.15) is 37.2 Å². The van der Waals surface area contributed by atoms with Gasteiger partial charge >= 0.3 is 0 Å². The Labute approximate surface area is 167 Å². The highest BCUT2D eigenvalue weighted by molar-refractivity contribution is 6.30. The minimum atomic E-state index is 0.315. The van der Waals surface area contributed by atoms with E-state index in [1.165, 1.54) is 28.3 Å². The van der Waals surface area contributed by atoms with Gasteiger partial charge in [0.1, 0.15) is 18.2 Å². The number of imidazole rings is 1. The Morgan fingerprint density at radius 1 is 1.07 bits per heavy atom. The largest absolute Gasteiger partial charge is 0.488 e. The van der Waals surface area contributed by atoms with Gasteiger partial charge in [0.05, 0.1) is 17.1 Å². The van der Waals surface area contributed by atoms with Crippen LogP contribution in [-0.4, -0.2) is 16.0 Å². The Bertz CT molecular complexity index is 1250. The molecule has 2 unspecified atom stereocenters. The molecule has 0 spiro atoms. The molecule has 5 heteroatoms. The zero-order chi connectivity index (χ0) is 18.8. The number of H-pyrrole nitrogens is 1. The number of hydrogen-bond donors (Lipinski definition) is 2. The number of nitrogens with one attached hydrogen (secondary N) is 2. The van der Waals surface area contributed by atoms with Gasteiger partial charge in [-0.15, -0.1) is 0 Å². The molecule has 2 aliphatic heterocycles. The van der Waals surface area contributed by atoms with Crippen LogP contribution in [0.4, 0.5) is 0 Å². The van der Waals surface area contributed by atoms with Gasteiger partial charge < -0.3 is 15.0 Å². The first-order valence-electron chi connectivity index (χ1n) is 9.80. The van der Waals surface area contributed by atoms with Crippen molar-refractivity contribution in [1.29, 1.82) is 0 Å². The zero-order valence-corrected chi connectivity index (χ0v) is 16.3. The molecule has 140 valence electrons. The second-order valence-corrected chi connectivity index (χ2v) is 8.38. The molecule has 4 aromatic rings. The molecular weight excluding hydrogens is 370 g/mol. The zero-order valence-electron chi connectivity index (χ0n) is 15.6. The van der Waals surface area contributed by atoms with Crippen molar-refractivity contribution in [2.45, 2.75) is 38.5 Å². The van der Waals surface area contributed by atoms with Crippen molar-refractivity contribution in [3.63, 3.8) is 0 Å². The van der Waals surface area contributed by atoms with E-state index >= 15 is 0 Å². The van der Waals surface area contributed by atoms with Crippen LogP contribution in [0, 0.1) is 0 Å². The lowest BCUT2D eigenvalue weighted by molar-refractivity contribution is 0.302. The van der Waals surface area contributed by atoms with E-state index in [9.17, 15) is 0 Å². The third-order valence-corrected chi connectivity index (χ3v) is 6.27. The van der Waals surface area contributed by atoms with E-state index in [0.717, 1.165) is 34.6 Å². The van der Waals surface area contributed by atoms with Crippen LogP contribution in [0.3, 0.4) is 0 Å². The van der Waals surface area contributed by atoms with Crippen molar-refractivity contribution in [3.8, 4) is 16.9 Å². The Morgan fingerprint density at radius 2 is 2.00 bits per heavy atom. The Morgan fingerprint density at radius 3 is 2.86 bits per heavy atom. The second-order valence-electron chi connectivity index (χ2n) is 7.94. The molecule has 0 saturated carbocycles. The molecule has 1 saturated heterocycles. The van der Waals surface area contributed by atoms with E-state index in [-0.39, 0.29) is 0 Å². The van der Waals surface area contributed by atoms with E-state index in [4.69, 9.17) is 21.3 Å². The fourth-order valence-electron chi connectivity index (χ4n) is 4.58. The normalized spacial score (nSPS) is 20.9. The van der Waals surface area contributed by atoms with Crippen LogP contribution in [-0.2, 0) is 6.61 Å². The molecule has 3 heterocycles. The fraction of sp³-hybridized carbons (Fsp3) is 0.261. The third-order valence-electron chi connectivity index (χ3n) is 6.03. The lowest BCUT2D eigenvalue weighted by Crippen LogP contribution is -2.21. The summed E-state index contributed by atoms with van der Waals surface area (Å²) in [5, 5.41) is 6.68. The number of halogens is 1. The van der Waals surface area contributed by atoms with Crippen molar-refractivity contribution in [2.24, 2.45) is 0 Å². The molecular formula is C23H20ClN3O. The summed E-state index contributed by atoms with van der Waals surface area (Å²) >= 11 is 6.13. The fourth-order valence-corrected chi connectivity index (χ4v) is 4.74. The molecule has 2 atom stereocenters. The van der Waals surface area contributed by atoms with Crippen molar-refractivity contribution < 1.29 is 4.74 Å². The maximum absolute atomic E-state index is 6.13. The van der Waals surface area contributed by atoms with Crippen molar-refractivity contribution in [1.82, 2.24) is 15.3 Å². The summed E-state index contributed by atoms with van der Waals surface area (Å²) in [4.78, 5) is 8.52. The van der Waals surface area contributed by atoms with Gasteiger partial charge in [0.15, 0.2) is 0 Å². The van der Waals surface area contributed by atoms with Crippen molar-refractivity contribution in [2.75, 3.05) is 0 Å². The first kappa shape index (κ1) is 16.4. The van der Waals surface area contributed by atoms with Crippen LogP contribution < -0.4 is 10.1 Å². The van der Waals surface area contributed by atoms with Gasteiger partial charge in [-0.25, -0.2) is 4.98 Å². The standard InChI is InChI=1S/C23H20ClN3O/c1-12-2-6-20(25-12)23-26-19-7-3-13-8-17-14(9-18(13)22(19)27-23)11-28-21-10-15(24)4-5-16(17)21/h3-5,7-10,12,20,25H,2,6,11H2,1H3,(H,26,27). The number of fused-ring (bicyclic) bond motifs is 6. The van der Waals surface area contributed by atoms with Crippen LogP contribution in [0.5, 0.6) is 5.75 Å². The molecule has 2 N–H and O–H groups in total. The van der Waals surface area contributed by atoms with Crippen molar-refractivity contribution >= 4 is 33.4 Å². The highest BCUT2D eigenvalue weighted by Gasteiger charge is 2.25. The minimum absolute atomic E-state index is 0.315. The SMILES string of the molecule is CC1CCC(c2nc3c(ccc4cc5c(cc43)COc3cc(Cl)ccc3-5)[nH]2)N1. The lowest BCUT2D eigenvalue weighted by atomic mass is 9.93. The van der Waals surface area contributed by atoms with Gasteiger partial charge in [-0.1, -0.05) is 17.7 Å². The first-order valence-corrected chi connectivity index (χ1v) is 10.2. The number of aromatic amines is 1. The summed E-state index contributed by atoms with van der Waals surface area (Å²) in [6, 6.07) is 15.5. The maximum Gasteiger partial charge on any atom is 0.129 e. The Balaban J connectivity index is 1.52. The summed E-state index contributed by atoms with van der Waals surface area (Å²) in [5.41, 5.74) is 5.63. The number of nitrogens with zero attached hydrogens (tertiary/aromatic N) is 1. The van der Waals surface area contributed by atoms with E-state index in [2.05, 4.69) is 41.5 Å². The smallest absolute Gasteiger partial charge is 0.129 e. The average molecular weight is 390 g/mol. The molecule has 28 heavy (non-hydrogen) atoms. The summed E-state index contributed by atoms with van der Waals surface area (Å²) in [7, 11) is 0. The quantitative estimate of drug-likeness (QED) is 0.436. The van der Waals surface area contributed by atoms with Gasteiger partial charge in [0.25, 0.3) is 0 Å². The number of benzene rings is 3. The van der Waals surface area contributed by atoms with Gasteiger partial charge in [-0.3, -0.25) is 0 Å². The summed E-state index contributed by atoms with van der Waals surface area (Å²) in [5.74, 6) is 1.89. The molecule has 2 aliphatic rings. The van der Waals surface area contributed by atoms with E-state index in [0.29, 0.717) is 23.7 Å². The molecule has 0 bridgehead atoms. The third kappa shape index (κ3) is 2.45. The number of ether oxygens (including phenoxy) is 1. The molecule has 3 aromatic carbocycles. The predicted molar refractivity (Wildman–Crippen MR) is 113 cm³/mol. The maximum atomic E-state index is 6.13. The van der Waals surface area contributed by atoms with Crippen LogP contribution in [0.15, 0.2) is 42.5 Å². The first-order chi connectivity index (χ1) is 13.7. The van der Waals surface area contributed by atoms with Crippen LogP contribution in [0.25, 0.3) is 32.9 Å². The molecule has 0 amide bonds. The highest BCUT2D eigenvalue weighted by atomic mass is 35.5. The molecule has 0 aliphatic carbocycles. The molecule has 1 aromatic heterocycles. The lowest BCUT2D eigenvalue weighted by Gasteiger charge is -2.21. The monoisotopic (exact) mass is 389 g/mol. The van der Waals surface area contributed by atoms with E-state index in [1.54, 1.807) is 0 Å². The van der Waals surface area contributed by atoms with Gasteiger partial charge in [0.2, 0.25) is 0 Å². The van der Waals surface area contributed by atoms with Crippen LogP contribution >= 0.6 is 11.6 Å². The average Bonchev–Trinajstić information content (AvgIpc) is 3.32. The second kappa shape index (κ2) is 5.97. The Hall–Kier alpha value is -2.56. The molecule has 6 rings (SSSR count).